The molecule has 1 aromatic heterocycles. The Morgan fingerprint density at radius 2 is 1.89 bits per heavy atom. The van der Waals surface area contributed by atoms with E-state index in [4.69, 9.17) is 23.2 Å². The molecule has 0 fully saturated rings. The molecule has 1 heterocycles. The topological polar surface area (TPSA) is 12.0 Å². The average molecular weight is 365 g/mol. The van der Waals surface area contributed by atoms with E-state index in [1.54, 1.807) is 17.4 Å². The van der Waals surface area contributed by atoms with Crippen LogP contribution in [0.3, 0.4) is 0 Å². The van der Waals surface area contributed by atoms with Crippen LogP contribution in [0.25, 0.3) is 0 Å². The molecular weight excluding hydrogens is 353 g/mol. The third kappa shape index (κ3) is 3.72. The van der Waals surface area contributed by atoms with Crippen LogP contribution in [0.2, 0.25) is 10.0 Å². The van der Waals surface area contributed by atoms with Crippen molar-refractivity contribution in [2.24, 2.45) is 0 Å². The lowest BCUT2D eigenvalue weighted by Crippen LogP contribution is -2.18. The second-order valence-electron chi connectivity index (χ2n) is 3.98. The van der Waals surface area contributed by atoms with Gasteiger partial charge in [0.15, 0.2) is 0 Å². The highest BCUT2D eigenvalue weighted by Gasteiger charge is 2.12. The average Bonchev–Trinajstić information content (AvgIpc) is 2.70. The predicted octanol–water partition coefficient (Wildman–Crippen LogP) is 5.32. The first-order valence-corrected chi connectivity index (χ1v) is 7.87. The van der Waals surface area contributed by atoms with Gasteiger partial charge in [-0.3, -0.25) is 0 Å². The lowest BCUT2D eigenvalue weighted by atomic mass is 10.0. The van der Waals surface area contributed by atoms with Crippen molar-refractivity contribution in [3.05, 3.63) is 54.6 Å². The summed E-state index contributed by atoms with van der Waals surface area (Å²) in [4.78, 5) is 1.32. The summed E-state index contributed by atoms with van der Waals surface area (Å²) < 4.78 is 1.13. The SMILES string of the molecule is CNC(Cc1cc(Br)cs1)c1cc(Cl)cc(Cl)c1. The van der Waals surface area contributed by atoms with Crippen LogP contribution < -0.4 is 5.32 Å². The zero-order valence-corrected chi connectivity index (χ0v) is 13.6. The molecule has 2 aromatic rings. The highest BCUT2D eigenvalue weighted by atomic mass is 79.9. The monoisotopic (exact) mass is 363 g/mol. The molecule has 0 saturated heterocycles. The van der Waals surface area contributed by atoms with Gasteiger partial charge in [0.2, 0.25) is 0 Å². The van der Waals surface area contributed by atoms with Gasteiger partial charge in [-0.15, -0.1) is 11.3 Å². The van der Waals surface area contributed by atoms with Crippen molar-refractivity contribution in [2.45, 2.75) is 12.5 Å². The van der Waals surface area contributed by atoms with Gasteiger partial charge in [0.25, 0.3) is 0 Å². The molecule has 18 heavy (non-hydrogen) atoms. The summed E-state index contributed by atoms with van der Waals surface area (Å²) in [6.45, 7) is 0. The molecule has 1 atom stereocenters. The van der Waals surface area contributed by atoms with Crippen molar-refractivity contribution in [2.75, 3.05) is 7.05 Å². The Balaban J connectivity index is 2.22. The number of hydrogen-bond donors (Lipinski definition) is 1. The van der Waals surface area contributed by atoms with Crippen LogP contribution in [0.1, 0.15) is 16.5 Å². The maximum absolute atomic E-state index is 6.04. The Hall–Kier alpha value is -0.0600. The minimum absolute atomic E-state index is 0.215. The highest BCUT2D eigenvalue weighted by Crippen LogP contribution is 2.28. The summed E-state index contributed by atoms with van der Waals surface area (Å²) in [5.41, 5.74) is 1.11. The standard InChI is InChI=1S/C13H12BrCl2NS/c1-17-13(6-12-4-9(14)7-18-12)8-2-10(15)5-11(16)3-8/h2-5,7,13,17H,6H2,1H3. The van der Waals surface area contributed by atoms with Gasteiger partial charge >= 0.3 is 0 Å². The van der Waals surface area contributed by atoms with Gasteiger partial charge in [0, 0.05) is 37.2 Å². The Kier molecular flexibility index (Phi) is 5.10. The van der Waals surface area contributed by atoms with E-state index in [0.717, 1.165) is 16.5 Å². The summed E-state index contributed by atoms with van der Waals surface area (Å²) >= 11 is 17.3. The van der Waals surface area contributed by atoms with Crippen molar-refractivity contribution in [3.63, 3.8) is 0 Å². The molecule has 0 bridgehead atoms. The quantitative estimate of drug-likeness (QED) is 0.773. The van der Waals surface area contributed by atoms with Crippen LogP contribution in [0, 0.1) is 0 Å². The summed E-state index contributed by atoms with van der Waals surface area (Å²) in [6.07, 6.45) is 0.920. The van der Waals surface area contributed by atoms with E-state index >= 15 is 0 Å². The Morgan fingerprint density at radius 3 is 2.39 bits per heavy atom. The number of rotatable bonds is 4. The maximum Gasteiger partial charge on any atom is 0.0424 e. The molecule has 0 radical (unpaired) electrons. The molecule has 0 aliphatic rings. The van der Waals surface area contributed by atoms with Crippen LogP contribution in [0.4, 0.5) is 0 Å². The summed E-state index contributed by atoms with van der Waals surface area (Å²) in [5, 5.41) is 6.74. The fourth-order valence-corrected chi connectivity index (χ4v) is 3.87. The predicted molar refractivity (Wildman–Crippen MR) is 84.0 cm³/mol. The van der Waals surface area contributed by atoms with Gasteiger partial charge in [-0.05, 0) is 52.8 Å². The first-order chi connectivity index (χ1) is 8.58. The molecule has 5 heteroatoms. The molecule has 0 aliphatic carbocycles. The van der Waals surface area contributed by atoms with E-state index in [2.05, 4.69) is 32.7 Å². The number of nitrogens with one attached hydrogen (secondary N) is 1. The second-order valence-corrected chi connectivity index (χ2v) is 6.76. The van der Waals surface area contributed by atoms with E-state index < -0.39 is 0 Å². The molecule has 1 aromatic carbocycles. The lowest BCUT2D eigenvalue weighted by Gasteiger charge is -2.16. The van der Waals surface area contributed by atoms with Crippen molar-refractivity contribution in [3.8, 4) is 0 Å². The van der Waals surface area contributed by atoms with Gasteiger partial charge in [-0.2, -0.15) is 0 Å². The lowest BCUT2D eigenvalue weighted by molar-refractivity contribution is 0.596. The van der Waals surface area contributed by atoms with E-state index in [0.29, 0.717) is 10.0 Å². The number of hydrogen-bond acceptors (Lipinski definition) is 2. The Bertz CT molecular complexity index is 521. The zero-order chi connectivity index (χ0) is 13.1. The zero-order valence-electron chi connectivity index (χ0n) is 9.71. The fraction of sp³-hybridized carbons (Fsp3) is 0.231. The van der Waals surface area contributed by atoms with Gasteiger partial charge in [0.05, 0.1) is 0 Å². The largest absolute Gasteiger partial charge is 0.313 e. The Labute approximate surface area is 129 Å². The fourth-order valence-electron chi connectivity index (χ4n) is 1.82. The van der Waals surface area contributed by atoms with E-state index in [1.165, 1.54) is 4.88 Å². The minimum atomic E-state index is 0.215. The van der Waals surface area contributed by atoms with Crippen molar-refractivity contribution < 1.29 is 0 Å². The second kappa shape index (κ2) is 6.40. The van der Waals surface area contributed by atoms with Gasteiger partial charge in [-0.1, -0.05) is 23.2 Å². The van der Waals surface area contributed by atoms with Crippen LogP contribution in [0.15, 0.2) is 34.1 Å². The highest BCUT2D eigenvalue weighted by molar-refractivity contribution is 9.10. The summed E-state index contributed by atoms with van der Waals surface area (Å²) in [5.74, 6) is 0. The molecule has 1 nitrogen and oxygen atoms in total. The molecular formula is C13H12BrCl2NS. The number of likely N-dealkylation sites (N-methyl/N-ethyl adjacent to an activating group) is 1. The molecule has 96 valence electrons. The van der Waals surface area contributed by atoms with E-state index in [1.807, 2.05) is 19.2 Å². The van der Waals surface area contributed by atoms with Crippen LogP contribution in [-0.4, -0.2) is 7.05 Å². The molecule has 0 spiro atoms. The van der Waals surface area contributed by atoms with E-state index in [9.17, 15) is 0 Å². The first kappa shape index (κ1) is 14.4. The number of thiophene rings is 1. The Morgan fingerprint density at radius 1 is 1.22 bits per heavy atom. The third-order valence-corrected chi connectivity index (χ3v) is 4.82. The van der Waals surface area contributed by atoms with Crippen LogP contribution in [0.5, 0.6) is 0 Å². The molecule has 0 saturated carbocycles. The third-order valence-electron chi connectivity index (χ3n) is 2.66. The van der Waals surface area contributed by atoms with Gasteiger partial charge < -0.3 is 5.32 Å². The van der Waals surface area contributed by atoms with Crippen LogP contribution in [-0.2, 0) is 6.42 Å². The molecule has 2 rings (SSSR count). The maximum atomic E-state index is 6.04. The van der Waals surface area contributed by atoms with Crippen molar-refractivity contribution >= 4 is 50.5 Å². The number of benzene rings is 1. The van der Waals surface area contributed by atoms with Gasteiger partial charge in [0.1, 0.15) is 0 Å². The number of halogens is 3. The molecule has 1 unspecified atom stereocenters. The smallest absolute Gasteiger partial charge is 0.0424 e. The summed E-state index contributed by atoms with van der Waals surface area (Å²) in [7, 11) is 1.95. The first-order valence-electron chi connectivity index (χ1n) is 5.44. The molecule has 1 N–H and O–H groups in total. The van der Waals surface area contributed by atoms with E-state index in [-0.39, 0.29) is 6.04 Å². The van der Waals surface area contributed by atoms with Crippen molar-refractivity contribution in [1.82, 2.24) is 5.32 Å². The van der Waals surface area contributed by atoms with Gasteiger partial charge in [-0.25, -0.2) is 0 Å². The normalized spacial score (nSPS) is 12.7. The van der Waals surface area contributed by atoms with Crippen LogP contribution >= 0.6 is 50.5 Å². The molecule has 0 amide bonds. The minimum Gasteiger partial charge on any atom is -0.313 e. The molecule has 0 aliphatic heterocycles. The van der Waals surface area contributed by atoms with Crippen molar-refractivity contribution in [1.29, 1.82) is 0 Å². The summed E-state index contributed by atoms with van der Waals surface area (Å²) in [6, 6.07) is 8.02.